The van der Waals surface area contributed by atoms with E-state index in [4.69, 9.17) is 9.47 Å². The fraction of sp³-hybridized carbons (Fsp3) is 1.00. The van der Waals surface area contributed by atoms with Gasteiger partial charge in [0.25, 0.3) is 0 Å². The third-order valence-electron chi connectivity index (χ3n) is 2.60. The van der Waals surface area contributed by atoms with Crippen LogP contribution >= 0.6 is 11.8 Å². The Bertz CT molecular complexity index is 152. The van der Waals surface area contributed by atoms with Crippen LogP contribution < -0.4 is 5.32 Å². The van der Waals surface area contributed by atoms with Crippen LogP contribution in [0, 0.1) is 0 Å². The minimum Gasteiger partial charge on any atom is -0.382 e. The van der Waals surface area contributed by atoms with Crippen molar-refractivity contribution in [3.63, 3.8) is 0 Å². The lowest BCUT2D eigenvalue weighted by molar-refractivity contribution is 0.129. The number of ether oxygens (including phenoxy) is 2. The van der Waals surface area contributed by atoms with Gasteiger partial charge in [-0.05, 0) is 32.7 Å². The molecule has 0 aromatic heterocycles. The number of rotatable bonds is 10. The van der Waals surface area contributed by atoms with Crippen molar-refractivity contribution in [1.82, 2.24) is 5.32 Å². The van der Waals surface area contributed by atoms with E-state index in [1.807, 2.05) is 18.7 Å². The fourth-order valence-corrected chi connectivity index (χ4v) is 2.68. The molecule has 1 aliphatic rings. The minimum atomic E-state index is 0.531. The summed E-state index contributed by atoms with van der Waals surface area (Å²) in [7, 11) is 0. The molecule has 1 heterocycles. The van der Waals surface area contributed by atoms with E-state index < -0.39 is 0 Å². The Morgan fingerprint density at radius 2 is 2.38 bits per heavy atom. The number of nitrogens with one attached hydrogen (secondary N) is 1. The van der Waals surface area contributed by atoms with Gasteiger partial charge in [-0.2, -0.15) is 11.8 Å². The highest BCUT2D eigenvalue weighted by molar-refractivity contribution is 7.99. The molecule has 1 atom stereocenters. The van der Waals surface area contributed by atoms with Gasteiger partial charge in [0.15, 0.2) is 0 Å². The predicted molar refractivity (Wildman–Crippen MR) is 70.3 cm³/mol. The highest BCUT2D eigenvalue weighted by atomic mass is 32.2. The first kappa shape index (κ1) is 14.3. The van der Waals surface area contributed by atoms with Crippen molar-refractivity contribution in [1.29, 1.82) is 0 Å². The molecule has 1 fully saturated rings. The third kappa shape index (κ3) is 7.49. The smallest absolute Gasteiger partial charge is 0.0666 e. The summed E-state index contributed by atoms with van der Waals surface area (Å²) in [5.74, 6) is 2.36. The lowest BCUT2D eigenvalue weighted by Crippen LogP contribution is -2.20. The first-order valence-electron chi connectivity index (χ1n) is 6.41. The molecule has 0 spiro atoms. The van der Waals surface area contributed by atoms with E-state index in [1.54, 1.807) is 0 Å². The predicted octanol–water partition coefficient (Wildman–Crippen LogP) is 1.91. The Balaban J connectivity index is 1.71. The Kier molecular flexibility index (Phi) is 9.28. The topological polar surface area (TPSA) is 30.5 Å². The maximum atomic E-state index is 5.57. The van der Waals surface area contributed by atoms with Gasteiger partial charge in [0.2, 0.25) is 0 Å². The van der Waals surface area contributed by atoms with E-state index in [0.29, 0.717) is 6.10 Å². The van der Waals surface area contributed by atoms with Crippen molar-refractivity contribution in [2.75, 3.05) is 44.4 Å². The molecular formula is C12H25NO2S. The van der Waals surface area contributed by atoms with Crippen LogP contribution in [0.1, 0.15) is 26.2 Å². The van der Waals surface area contributed by atoms with Gasteiger partial charge in [-0.15, -0.1) is 0 Å². The van der Waals surface area contributed by atoms with E-state index >= 15 is 0 Å². The summed E-state index contributed by atoms with van der Waals surface area (Å²) in [6.45, 7) is 6.89. The number of hydrogen-bond acceptors (Lipinski definition) is 4. The molecule has 0 amide bonds. The summed E-state index contributed by atoms with van der Waals surface area (Å²) in [6, 6.07) is 0. The first-order valence-corrected chi connectivity index (χ1v) is 7.56. The normalized spacial score (nSPS) is 20.4. The SMILES string of the molecule is CCOCCCNCCSCC1CCCO1. The summed E-state index contributed by atoms with van der Waals surface area (Å²) in [6.07, 6.45) is 4.16. The van der Waals surface area contributed by atoms with Crippen LogP contribution in [0.2, 0.25) is 0 Å². The fourth-order valence-electron chi connectivity index (χ4n) is 1.70. The quantitative estimate of drug-likeness (QED) is 0.597. The molecule has 0 saturated carbocycles. The second-order valence-corrected chi connectivity index (χ2v) is 5.16. The largest absolute Gasteiger partial charge is 0.382 e. The molecule has 0 aromatic carbocycles. The standard InChI is InChI=1S/C12H25NO2S/c1-2-14-8-4-6-13-7-10-16-11-12-5-3-9-15-12/h12-13H,2-11H2,1H3. The average Bonchev–Trinajstić information content (AvgIpc) is 2.80. The monoisotopic (exact) mass is 247 g/mol. The molecule has 16 heavy (non-hydrogen) atoms. The molecule has 0 aliphatic carbocycles. The van der Waals surface area contributed by atoms with E-state index in [-0.39, 0.29) is 0 Å². The number of hydrogen-bond donors (Lipinski definition) is 1. The maximum Gasteiger partial charge on any atom is 0.0666 e. The van der Waals surface area contributed by atoms with Crippen LogP contribution in [0.5, 0.6) is 0 Å². The molecule has 3 nitrogen and oxygen atoms in total. The van der Waals surface area contributed by atoms with Gasteiger partial charge in [-0.1, -0.05) is 0 Å². The van der Waals surface area contributed by atoms with Gasteiger partial charge in [-0.3, -0.25) is 0 Å². The molecule has 1 unspecified atom stereocenters. The summed E-state index contributed by atoms with van der Waals surface area (Å²) < 4.78 is 10.8. The van der Waals surface area contributed by atoms with E-state index in [1.165, 1.54) is 24.3 Å². The molecule has 96 valence electrons. The van der Waals surface area contributed by atoms with E-state index in [9.17, 15) is 0 Å². The minimum absolute atomic E-state index is 0.531. The van der Waals surface area contributed by atoms with Crippen LogP contribution in [0.15, 0.2) is 0 Å². The van der Waals surface area contributed by atoms with Crippen LogP contribution in [-0.2, 0) is 9.47 Å². The third-order valence-corrected chi connectivity index (χ3v) is 3.70. The molecule has 1 aliphatic heterocycles. The van der Waals surface area contributed by atoms with E-state index in [0.717, 1.165) is 39.3 Å². The van der Waals surface area contributed by atoms with Crippen molar-refractivity contribution >= 4 is 11.8 Å². The van der Waals surface area contributed by atoms with Crippen molar-refractivity contribution in [2.24, 2.45) is 0 Å². The summed E-state index contributed by atoms with van der Waals surface area (Å²) >= 11 is 2.00. The van der Waals surface area contributed by atoms with Crippen molar-refractivity contribution in [3.8, 4) is 0 Å². The van der Waals surface area contributed by atoms with Gasteiger partial charge in [0.1, 0.15) is 0 Å². The second kappa shape index (κ2) is 10.4. The van der Waals surface area contributed by atoms with Crippen LogP contribution in [-0.4, -0.2) is 50.5 Å². The summed E-state index contributed by atoms with van der Waals surface area (Å²) in [4.78, 5) is 0. The molecule has 1 N–H and O–H groups in total. The van der Waals surface area contributed by atoms with Crippen molar-refractivity contribution in [2.45, 2.75) is 32.3 Å². The molecular weight excluding hydrogens is 222 g/mol. The van der Waals surface area contributed by atoms with E-state index in [2.05, 4.69) is 5.32 Å². The Morgan fingerprint density at radius 1 is 1.44 bits per heavy atom. The molecule has 0 bridgehead atoms. The van der Waals surface area contributed by atoms with Crippen LogP contribution in [0.4, 0.5) is 0 Å². The highest BCUT2D eigenvalue weighted by Crippen LogP contribution is 2.16. The average molecular weight is 247 g/mol. The zero-order valence-electron chi connectivity index (χ0n) is 10.4. The van der Waals surface area contributed by atoms with Gasteiger partial charge in [-0.25, -0.2) is 0 Å². The molecule has 1 saturated heterocycles. The lowest BCUT2D eigenvalue weighted by Gasteiger charge is -2.09. The zero-order valence-corrected chi connectivity index (χ0v) is 11.2. The highest BCUT2D eigenvalue weighted by Gasteiger charge is 2.14. The first-order chi connectivity index (χ1) is 7.93. The lowest BCUT2D eigenvalue weighted by atomic mass is 10.3. The molecule has 4 heteroatoms. The van der Waals surface area contributed by atoms with Crippen LogP contribution in [0.25, 0.3) is 0 Å². The Hall–Kier alpha value is 0.230. The maximum absolute atomic E-state index is 5.57. The summed E-state index contributed by atoms with van der Waals surface area (Å²) in [5, 5.41) is 3.43. The zero-order chi connectivity index (χ0) is 11.5. The number of thioether (sulfide) groups is 1. The Labute approximate surface area is 104 Å². The van der Waals surface area contributed by atoms with Crippen molar-refractivity contribution in [3.05, 3.63) is 0 Å². The molecule has 0 radical (unpaired) electrons. The van der Waals surface area contributed by atoms with Gasteiger partial charge < -0.3 is 14.8 Å². The summed E-state index contributed by atoms with van der Waals surface area (Å²) in [5.41, 5.74) is 0. The van der Waals surface area contributed by atoms with Crippen molar-refractivity contribution < 1.29 is 9.47 Å². The van der Waals surface area contributed by atoms with Gasteiger partial charge in [0.05, 0.1) is 6.10 Å². The van der Waals surface area contributed by atoms with Gasteiger partial charge in [0, 0.05) is 37.9 Å². The van der Waals surface area contributed by atoms with Crippen LogP contribution in [0.3, 0.4) is 0 Å². The molecule has 0 aromatic rings. The second-order valence-electron chi connectivity index (χ2n) is 4.01. The van der Waals surface area contributed by atoms with Gasteiger partial charge >= 0.3 is 0 Å². The Morgan fingerprint density at radius 3 is 3.12 bits per heavy atom. The molecule has 1 rings (SSSR count).